The summed E-state index contributed by atoms with van der Waals surface area (Å²) in [6.07, 6.45) is 1.28. The molecule has 1 aromatic carbocycles. The van der Waals surface area contributed by atoms with Gasteiger partial charge < -0.3 is 18.5 Å². The van der Waals surface area contributed by atoms with Crippen LogP contribution in [-0.2, 0) is 27.4 Å². The largest absolute Gasteiger partial charge is 0.465 e. The van der Waals surface area contributed by atoms with Crippen LogP contribution in [0.4, 0.5) is 0 Å². The Bertz CT molecular complexity index is 1400. The Hall–Kier alpha value is -4.20. The highest BCUT2D eigenvalue weighted by molar-refractivity contribution is 6.33. The van der Waals surface area contributed by atoms with E-state index in [-0.39, 0.29) is 18.7 Å². The normalized spacial score (nSPS) is 10.8. The van der Waals surface area contributed by atoms with E-state index >= 15 is 0 Å². The van der Waals surface area contributed by atoms with Gasteiger partial charge in [0, 0.05) is 23.9 Å². The first-order valence-corrected chi connectivity index (χ1v) is 10.6. The zero-order chi connectivity index (χ0) is 25.5. The molecule has 0 bridgehead atoms. The van der Waals surface area contributed by atoms with Gasteiger partial charge in [-0.05, 0) is 43.3 Å². The molecule has 180 valence electrons. The van der Waals surface area contributed by atoms with Gasteiger partial charge in [0.25, 0.3) is 11.5 Å². The van der Waals surface area contributed by atoms with E-state index in [1.807, 2.05) is 6.07 Å². The van der Waals surface area contributed by atoms with E-state index in [1.54, 1.807) is 37.3 Å². The van der Waals surface area contributed by atoms with Crippen LogP contribution >= 0.6 is 11.6 Å². The third kappa shape index (κ3) is 5.84. The minimum Gasteiger partial charge on any atom is -0.465 e. The molecule has 11 heteroatoms. The highest BCUT2D eigenvalue weighted by Gasteiger charge is 2.15. The number of aromatic nitrogens is 1. The molecule has 0 saturated heterocycles. The predicted molar refractivity (Wildman–Crippen MR) is 127 cm³/mol. The molecule has 0 saturated carbocycles. The molecule has 1 N–H and O–H groups in total. The van der Waals surface area contributed by atoms with Gasteiger partial charge in [-0.2, -0.15) is 10.4 Å². The summed E-state index contributed by atoms with van der Waals surface area (Å²) in [4.78, 5) is 36.7. The zero-order valence-electron chi connectivity index (χ0n) is 19.1. The van der Waals surface area contributed by atoms with Gasteiger partial charge >= 0.3 is 5.97 Å². The lowest BCUT2D eigenvalue weighted by atomic mass is 10.1. The highest BCUT2D eigenvalue weighted by Crippen LogP contribution is 2.30. The van der Waals surface area contributed by atoms with E-state index in [0.29, 0.717) is 38.9 Å². The zero-order valence-corrected chi connectivity index (χ0v) is 19.9. The quantitative estimate of drug-likeness (QED) is 0.287. The molecule has 0 fully saturated rings. The van der Waals surface area contributed by atoms with E-state index in [0.717, 1.165) is 0 Å². The Morgan fingerprint density at radius 3 is 2.71 bits per heavy atom. The lowest BCUT2D eigenvalue weighted by molar-refractivity contribution is -0.121. The fourth-order valence-corrected chi connectivity index (χ4v) is 3.50. The van der Waals surface area contributed by atoms with Gasteiger partial charge in [0.1, 0.15) is 29.7 Å². The number of carbonyl (C=O) groups excluding carboxylic acids is 2. The van der Waals surface area contributed by atoms with Gasteiger partial charge in [0.15, 0.2) is 0 Å². The Morgan fingerprint density at radius 1 is 1.26 bits per heavy atom. The van der Waals surface area contributed by atoms with Crippen LogP contribution in [0.5, 0.6) is 0 Å². The molecule has 2 aromatic heterocycles. The Kier molecular flexibility index (Phi) is 8.20. The van der Waals surface area contributed by atoms with E-state index < -0.39 is 17.4 Å². The Labute approximate surface area is 205 Å². The molecule has 0 spiro atoms. The number of amides is 1. The van der Waals surface area contributed by atoms with Crippen LogP contribution in [0.3, 0.4) is 0 Å². The number of rotatable bonds is 8. The van der Waals surface area contributed by atoms with Crippen LogP contribution in [0.2, 0.25) is 5.02 Å². The van der Waals surface area contributed by atoms with Gasteiger partial charge in [0.05, 0.1) is 30.5 Å². The topological polar surface area (TPSA) is 136 Å². The van der Waals surface area contributed by atoms with Crippen molar-refractivity contribution in [3.63, 3.8) is 0 Å². The number of ether oxygens (including phenoxy) is 2. The van der Waals surface area contributed by atoms with Crippen LogP contribution < -0.4 is 11.0 Å². The molecule has 3 rings (SSSR count). The summed E-state index contributed by atoms with van der Waals surface area (Å²) in [5.74, 6) is -0.390. The molecule has 0 radical (unpaired) electrons. The first-order valence-electron chi connectivity index (χ1n) is 10.2. The van der Waals surface area contributed by atoms with Crippen LogP contribution in [0.1, 0.15) is 32.9 Å². The number of aryl methyl sites for hydroxylation is 1. The summed E-state index contributed by atoms with van der Waals surface area (Å²) < 4.78 is 16.6. The van der Waals surface area contributed by atoms with Gasteiger partial charge in [0.2, 0.25) is 0 Å². The van der Waals surface area contributed by atoms with Crippen LogP contribution in [0.25, 0.3) is 11.3 Å². The van der Waals surface area contributed by atoms with Crippen molar-refractivity contribution >= 4 is 29.7 Å². The molecule has 35 heavy (non-hydrogen) atoms. The Morgan fingerprint density at radius 2 is 2.03 bits per heavy atom. The molecule has 2 heterocycles. The summed E-state index contributed by atoms with van der Waals surface area (Å²) in [5.41, 5.74) is 3.41. The van der Waals surface area contributed by atoms with Crippen LogP contribution in [0, 0.1) is 18.3 Å². The standard InChI is InChI=1S/C24H21ClN4O6/c1-14-8-16(13-33-2)19(10-26)23(31)29(14)12-22(30)28-27-11-17-5-7-21(35-17)18-9-15(24(32)34-3)4-6-20(18)25/h4-9,11H,12-13H2,1-3H3,(H,28,30)/b27-11-. The SMILES string of the molecule is COCc1cc(C)n(CC(=O)N/N=C\c2ccc(-c3cc(C(=O)OC)ccc3Cl)o2)c(=O)c1C#N. The van der Waals surface area contributed by atoms with Crippen molar-refractivity contribution in [3.8, 4) is 17.4 Å². The summed E-state index contributed by atoms with van der Waals surface area (Å²) in [7, 11) is 2.74. The minimum absolute atomic E-state index is 0.0770. The van der Waals surface area contributed by atoms with E-state index in [1.165, 1.54) is 31.1 Å². The summed E-state index contributed by atoms with van der Waals surface area (Å²) in [6, 6.07) is 11.4. The van der Waals surface area contributed by atoms with E-state index in [2.05, 4.69) is 10.5 Å². The van der Waals surface area contributed by atoms with Crippen LogP contribution in [-0.4, -0.2) is 36.9 Å². The third-order valence-corrected chi connectivity index (χ3v) is 5.29. The number of furan rings is 1. The molecule has 0 unspecified atom stereocenters. The lowest BCUT2D eigenvalue weighted by Gasteiger charge is -2.12. The molecule has 3 aromatic rings. The van der Waals surface area contributed by atoms with E-state index in [9.17, 15) is 19.6 Å². The van der Waals surface area contributed by atoms with Crippen molar-refractivity contribution in [3.05, 3.63) is 79.9 Å². The molecular weight excluding hydrogens is 476 g/mol. The van der Waals surface area contributed by atoms with Crippen molar-refractivity contribution in [1.82, 2.24) is 9.99 Å². The number of pyridine rings is 1. The average Bonchev–Trinajstić information content (AvgIpc) is 3.30. The number of nitrogens with one attached hydrogen (secondary N) is 1. The number of nitrogens with zero attached hydrogens (tertiary/aromatic N) is 3. The van der Waals surface area contributed by atoms with Crippen molar-refractivity contribution < 1.29 is 23.5 Å². The first kappa shape index (κ1) is 25.4. The number of carbonyl (C=O) groups is 2. The van der Waals surface area contributed by atoms with Gasteiger partial charge in [-0.3, -0.25) is 9.59 Å². The fourth-order valence-electron chi connectivity index (χ4n) is 3.29. The molecule has 10 nitrogen and oxygen atoms in total. The smallest absolute Gasteiger partial charge is 0.337 e. The van der Waals surface area contributed by atoms with Crippen molar-refractivity contribution in [2.45, 2.75) is 20.1 Å². The fraction of sp³-hybridized carbons (Fsp3) is 0.208. The maximum absolute atomic E-state index is 12.6. The maximum atomic E-state index is 12.6. The molecule has 0 aliphatic carbocycles. The second-order valence-corrected chi connectivity index (χ2v) is 7.71. The number of hydrogen-bond acceptors (Lipinski definition) is 8. The van der Waals surface area contributed by atoms with Crippen molar-refractivity contribution in [1.29, 1.82) is 5.26 Å². The van der Waals surface area contributed by atoms with Crippen molar-refractivity contribution in [2.75, 3.05) is 14.2 Å². The highest BCUT2D eigenvalue weighted by atomic mass is 35.5. The number of hydrogen-bond donors (Lipinski definition) is 1. The molecule has 0 atom stereocenters. The van der Waals surface area contributed by atoms with E-state index in [4.69, 9.17) is 25.5 Å². The van der Waals surface area contributed by atoms with Crippen LogP contribution in [0.15, 0.2) is 50.7 Å². The first-order chi connectivity index (χ1) is 16.8. The number of halogens is 1. The van der Waals surface area contributed by atoms with Gasteiger partial charge in [-0.25, -0.2) is 10.2 Å². The molecule has 0 aliphatic heterocycles. The molecule has 1 amide bonds. The number of hydrazone groups is 1. The molecular formula is C24H21ClN4O6. The minimum atomic E-state index is -0.583. The predicted octanol–water partition coefficient (Wildman–Crippen LogP) is 3.03. The number of benzene rings is 1. The Balaban J connectivity index is 1.71. The second-order valence-electron chi connectivity index (χ2n) is 7.30. The summed E-state index contributed by atoms with van der Waals surface area (Å²) in [6.45, 7) is 1.44. The summed E-state index contributed by atoms with van der Waals surface area (Å²) >= 11 is 6.23. The third-order valence-electron chi connectivity index (χ3n) is 4.96. The van der Waals surface area contributed by atoms with Crippen molar-refractivity contribution in [2.24, 2.45) is 5.10 Å². The second kappa shape index (κ2) is 11.3. The maximum Gasteiger partial charge on any atom is 0.337 e. The van der Waals surface area contributed by atoms with Gasteiger partial charge in [-0.1, -0.05) is 11.6 Å². The monoisotopic (exact) mass is 496 g/mol. The summed E-state index contributed by atoms with van der Waals surface area (Å²) in [5, 5.41) is 13.5. The number of nitriles is 1. The molecule has 0 aliphatic rings. The number of methoxy groups -OCH3 is 2. The lowest BCUT2D eigenvalue weighted by Crippen LogP contribution is -2.33. The van der Waals surface area contributed by atoms with Gasteiger partial charge in [-0.15, -0.1) is 0 Å². The average molecular weight is 497 g/mol. The number of esters is 1.